The summed E-state index contributed by atoms with van der Waals surface area (Å²) in [5, 5.41) is 2.34. The predicted octanol–water partition coefficient (Wildman–Crippen LogP) is -0.484. The second-order valence-electron chi connectivity index (χ2n) is 3.06. The van der Waals surface area contributed by atoms with E-state index in [1.54, 1.807) is 0 Å². The summed E-state index contributed by atoms with van der Waals surface area (Å²) in [7, 11) is -3.36. The molecule has 0 aliphatic heterocycles. The average molecular weight is 229 g/mol. The monoisotopic (exact) mass is 229 g/mol. The van der Waals surface area contributed by atoms with E-state index in [2.05, 4.69) is 15.3 Å². The highest BCUT2D eigenvalue weighted by molar-refractivity contribution is 7.90. The average Bonchev–Trinajstić information content (AvgIpc) is 2.14. The Morgan fingerprint density at radius 2 is 1.93 bits per heavy atom. The number of hydrogen-bond donors (Lipinski definition) is 1. The lowest BCUT2D eigenvalue weighted by atomic mass is 10.3. The topological polar surface area (TPSA) is 89.0 Å². The predicted molar refractivity (Wildman–Crippen MR) is 52.7 cm³/mol. The molecule has 1 rings (SSSR count). The second-order valence-corrected chi connectivity index (χ2v) is 4.97. The van der Waals surface area contributed by atoms with Crippen molar-refractivity contribution in [3.63, 3.8) is 0 Å². The molecule has 1 amide bonds. The summed E-state index contributed by atoms with van der Waals surface area (Å²) in [6, 6.07) is 0. The normalized spacial score (nSPS) is 11.1. The van der Waals surface area contributed by atoms with Crippen LogP contribution in [0.15, 0.2) is 17.6 Å². The van der Waals surface area contributed by atoms with Crippen LogP contribution in [0.25, 0.3) is 0 Å². The largest absolute Gasteiger partial charge is 0.352 e. The van der Waals surface area contributed by atoms with Crippen molar-refractivity contribution in [2.75, 3.05) is 6.26 Å². The third-order valence-corrected chi connectivity index (χ3v) is 2.43. The van der Waals surface area contributed by atoms with E-state index in [-0.39, 0.29) is 11.1 Å². The van der Waals surface area contributed by atoms with E-state index in [9.17, 15) is 13.2 Å². The number of sulfone groups is 1. The van der Waals surface area contributed by atoms with E-state index >= 15 is 0 Å². The van der Waals surface area contributed by atoms with E-state index in [0.29, 0.717) is 12.1 Å². The molecule has 0 aliphatic carbocycles. The number of amides is 1. The van der Waals surface area contributed by atoms with Crippen molar-refractivity contribution in [2.24, 2.45) is 0 Å². The molecule has 15 heavy (non-hydrogen) atoms. The molecule has 1 aromatic rings. The fourth-order valence-electron chi connectivity index (χ4n) is 0.852. The summed E-state index contributed by atoms with van der Waals surface area (Å²) in [6.07, 6.45) is 3.79. The number of hydrogen-bond acceptors (Lipinski definition) is 5. The summed E-state index contributed by atoms with van der Waals surface area (Å²) in [5.41, 5.74) is 0.651. The zero-order chi connectivity index (χ0) is 11.5. The zero-order valence-electron chi connectivity index (χ0n) is 8.39. The lowest BCUT2D eigenvalue weighted by molar-refractivity contribution is -0.119. The number of nitrogens with one attached hydrogen (secondary N) is 1. The number of carbonyl (C=O) groups excluding carboxylic acids is 1. The first-order valence-electron chi connectivity index (χ1n) is 4.15. The summed E-state index contributed by atoms with van der Waals surface area (Å²) in [4.78, 5) is 18.0. The minimum Gasteiger partial charge on any atom is -0.352 e. The highest BCUT2D eigenvalue weighted by atomic mass is 32.2. The van der Waals surface area contributed by atoms with Gasteiger partial charge in [0.1, 0.15) is 0 Å². The maximum absolute atomic E-state index is 11.0. The summed E-state index contributed by atoms with van der Waals surface area (Å²) in [6.45, 7) is 1.69. The van der Waals surface area contributed by atoms with Gasteiger partial charge in [-0.1, -0.05) is 0 Å². The van der Waals surface area contributed by atoms with Crippen LogP contribution in [0.2, 0.25) is 0 Å². The van der Waals surface area contributed by atoms with Crippen molar-refractivity contribution in [1.29, 1.82) is 0 Å². The van der Waals surface area contributed by atoms with E-state index in [0.717, 1.165) is 6.26 Å². The van der Waals surface area contributed by atoms with Gasteiger partial charge in [0.15, 0.2) is 0 Å². The number of carbonyl (C=O) groups is 1. The minimum absolute atomic E-state index is 0.165. The maximum Gasteiger partial charge on any atom is 0.246 e. The molecule has 0 spiro atoms. The van der Waals surface area contributed by atoms with Gasteiger partial charge in [-0.25, -0.2) is 18.4 Å². The van der Waals surface area contributed by atoms with Crippen LogP contribution >= 0.6 is 0 Å². The molecule has 0 unspecified atom stereocenters. The molecule has 0 fully saturated rings. The molecule has 0 bridgehead atoms. The molecule has 6 nitrogen and oxygen atoms in total. The van der Waals surface area contributed by atoms with Crippen molar-refractivity contribution in [3.8, 4) is 0 Å². The Labute approximate surface area is 87.7 Å². The van der Waals surface area contributed by atoms with Gasteiger partial charge in [-0.15, -0.1) is 0 Å². The van der Waals surface area contributed by atoms with Crippen molar-refractivity contribution in [3.05, 3.63) is 18.0 Å². The molecule has 0 saturated carbocycles. The molecule has 0 aromatic carbocycles. The fraction of sp³-hybridized carbons (Fsp3) is 0.375. The molecule has 0 radical (unpaired) electrons. The Morgan fingerprint density at radius 1 is 1.40 bits per heavy atom. The van der Waals surface area contributed by atoms with Crippen LogP contribution in [0.3, 0.4) is 0 Å². The number of rotatable bonds is 3. The van der Waals surface area contributed by atoms with Gasteiger partial charge in [-0.05, 0) is 0 Å². The molecule has 0 aliphatic rings. The van der Waals surface area contributed by atoms with Crippen LogP contribution in [0.5, 0.6) is 0 Å². The van der Waals surface area contributed by atoms with Gasteiger partial charge in [0, 0.05) is 37.7 Å². The zero-order valence-corrected chi connectivity index (χ0v) is 9.21. The Hall–Kier alpha value is -1.50. The van der Waals surface area contributed by atoms with Gasteiger partial charge >= 0.3 is 0 Å². The highest BCUT2D eigenvalue weighted by Gasteiger charge is 2.09. The third-order valence-electron chi connectivity index (χ3n) is 1.55. The number of aromatic nitrogens is 2. The van der Waals surface area contributed by atoms with E-state index in [1.807, 2.05) is 0 Å². The lowest BCUT2D eigenvalue weighted by Crippen LogP contribution is -2.19. The van der Waals surface area contributed by atoms with Gasteiger partial charge < -0.3 is 5.32 Å². The van der Waals surface area contributed by atoms with E-state index < -0.39 is 9.84 Å². The maximum atomic E-state index is 11.0. The van der Waals surface area contributed by atoms with Gasteiger partial charge in [-0.2, -0.15) is 0 Å². The van der Waals surface area contributed by atoms with Crippen LogP contribution in [0.1, 0.15) is 12.5 Å². The SMILES string of the molecule is CC(=O)NCc1cnc(S(C)(=O)=O)nc1. The van der Waals surface area contributed by atoms with Gasteiger partial charge in [0.25, 0.3) is 0 Å². The Balaban J connectivity index is 2.77. The standard InChI is InChI=1S/C8H11N3O3S/c1-6(12)9-3-7-4-10-8(11-5-7)15(2,13)14/h4-5H,3H2,1-2H3,(H,9,12). The van der Waals surface area contributed by atoms with E-state index in [4.69, 9.17) is 0 Å². The van der Waals surface area contributed by atoms with Crippen LogP contribution in [-0.2, 0) is 21.2 Å². The molecular formula is C8H11N3O3S. The Kier molecular flexibility index (Phi) is 3.35. The number of nitrogens with zero attached hydrogens (tertiary/aromatic N) is 2. The first-order chi connectivity index (χ1) is 6.89. The van der Waals surface area contributed by atoms with Crippen LogP contribution in [0, 0.1) is 0 Å². The molecule has 82 valence electrons. The van der Waals surface area contributed by atoms with Gasteiger partial charge in [-0.3, -0.25) is 4.79 Å². The van der Waals surface area contributed by atoms with Crippen molar-refractivity contribution in [2.45, 2.75) is 18.6 Å². The van der Waals surface area contributed by atoms with Crippen LogP contribution in [0.4, 0.5) is 0 Å². The van der Waals surface area contributed by atoms with Gasteiger partial charge in [0.2, 0.25) is 20.9 Å². The summed E-state index contributed by atoms with van der Waals surface area (Å²) < 4.78 is 22.0. The molecule has 7 heteroatoms. The Morgan fingerprint density at radius 3 is 2.33 bits per heavy atom. The second kappa shape index (κ2) is 4.35. The molecule has 0 atom stereocenters. The molecule has 1 aromatic heterocycles. The Bertz CT molecular complexity index is 453. The summed E-state index contributed by atoms with van der Waals surface area (Å²) >= 11 is 0. The molecular weight excluding hydrogens is 218 g/mol. The van der Waals surface area contributed by atoms with Crippen molar-refractivity contribution < 1.29 is 13.2 Å². The first kappa shape index (κ1) is 11.6. The lowest BCUT2D eigenvalue weighted by Gasteiger charge is -2.01. The van der Waals surface area contributed by atoms with Crippen LogP contribution in [-0.4, -0.2) is 30.5 Å². The van der Waals surface area contributed by atoms with Crippen molar-refractivity contribution in [1.82, 2.24) is 15.3 Å². The highest BCUT2D eigenvalue weighted by Crippen LogP contribution is 2.01. The smallest absolute Gasteiger partial charge is 0.246 e. The van der Waals surface area contributed by atoms with Gasteiger partial charge in [0.05, 0.1) is 0 Å². The molecule has 1 N–H and O–H groups in total. The first-order valence-corrected chi connectivity index (χ1v) is 6.04. The third kappa shape index (κ3) is 3.62. The summed E-state index contributed by atoms with van der Waals surface area (Å²) in [5.74, 6) is -0.165. The fourth-order valence-corrected chi connectivity index (χ4v) is 1.34. The van der Waals surface area contributed by atoms with E-state index in [1.165, 1.54) is 19.3 Å². The van der Waals surface area contributed by atoms with Crippen molar-refractivity contribution >= 4 is 15.7 Å². The molecule has 1 heterocycles. The quantitative estimate of drug-likeness (QED) is 0.707. The van der Waals surface area contributed by atoms with Crippen LogP contribution < -0.4 is 5.32 Å². The molecule has 0 saturated heterocycles. The minimum atomic E-state index is -3.36.